The molecule has 0 saturated heterocycles. The first-order chi connectivity index (χ1) is 12.2. The highest BCUT2D eigenvalue weighted by atomic mass is 16.5. The molecule has 0 aliphatic carbocycles. The number of aromatic nitrogens is 2. The number of benzene rings is 1. The Balaban J connectivity index is 1.76. The zero-order chi connectivity index (χ0) is 17.6. The van der Waals surface area contributed by atoms with Crippen LogP contribution in [0.1, 0.15) is 46.2 Å². The summed E-state index contributed by atoms with van der Waals surface area (Å²) in [5, 5.41) is 13.4. The van der Waals surface area contributed by atoms with Crippen molar-refractivity contribution in [2.75, 3.05) is 13.7 Å². The van der Waals surface area contributed by atoms with Crippen LogP contribution in [0, 0.1) is 0 Å². The lowest BCUT2D eigenvalue weighted by Crippen LogP contribution is -2.31. The van der Waals surface area contributed by atoms with Gasteiger partial charge in [-0.2, -0.15) is 5.10 Å². The second kappa shape index (κ2) is 7.94. The normalized spacial score (nSPS) is 14.4. The Morgan fingerprint density at radius 3 is 2.88 bits per heavy atom. The van der Waals surface area contributed by atoms with Crippen molar-refractivity contribution in [3.05, 3.63) is 52.8 Å². The fourth-order valence-electron chi connectivity index (χ4n) is 3.01. The van der Waals surface area contributed by atoms with Crippen LogP contribution in [-0.2, 0) is 22.5 Å². The molecule has 0 fully saturated rings. The molecule has 0 saturated carbocycles. The number of nitrogens with zero attached hydrogens (tertiary/aromatic N) is 1. The Labute approximate surface area is 146 Å². The summed E-state index contributed by atoms with van der Waals surface area (Å²) in [5.74, 6) is -0.531. The first-order valence-electron chi connectivity index (χ1n) is 8.38. The van der Waals surface area contributed by atoms with Crippen molar-refractivity contribution in [2.24, 2.45) is 0 Å². The summed E-state index contributed by atoms with van der Waals surface area (Å²) in [4.78, 5) is 24.2. The number of fused-ring (bicyclic) bond motifs is 1. The van der Waals surface area contributed by atoms with Gasteiger partial charge < -0.3 is 15.4 Å². The number of rotatable bonds is 6. The quantitative estimate of drug-likeness (QED) is 0.691. The highest BCUT2D eigenvalue weighted by Crippen LogP contribution is 2.21. The molecule has 1 aliphatic rings. The third-order valence-corrected chi connectivity index (χ3v) is 4.39. The summed E-state index contributed by atoms with van der Waals surface area (Å²) < 4.78 is 4.71. The van der Waals surface area contributed by atoms with Crippen LogP contribution in [0.25, 0.3) is 0 Å². The van der Waals surface area contributed by atoms with Gasteiger partial charge in [-0.3, -0.25) is 14.7 Å². The molecule has 0 radical (unpaired) electrons. The molecule has 0 bridgehead atoms. The van der Waals surface area contributed by atoms with E-state index in [1.54, 1.807) is 0 Å². The summed E-state index contributed by atoms with van der Waals surface area (Å²) in [5.41, 5.74) is 3.29. The van der Waals surface area contributed by atoms with E-state index in [1.165, 1.54) is 7.11 Å². The SMILES string of the molecule is COC(=O)CCC(NC(=O)c1n[nH]c2c1CNCC2)c1ccccc1. The van der Waals surface area contributed by atoms with Crippen LogP contribution in [0.15, 0.2) is 30.3 Å². The second-order valence-corrected chi connectivity index (χ2v) is 6.01. The van der Waals surface area contributed by atoms with Crippen LogP contribution in [0.2, 0.25) is 0 Å². The molecule has 7 heteroatoms. The molecule has 1 aliphatic heterocycles. The van der Waals surface area contributed by atoms with Crippen molar-refractivity contribution in [1.29, 1.82) is 0 Å². The largest absolute Gasteiger partial charge is 0.469 e. The van der Waals surface area contributed by atoms with Gasteiger partial charge in [0.25, 0.3) is 5.91 Å². The van der Waals surface area contributed by atoms with Gasteiger partial charge >= 0.3 is 5.97 Å². The Hall–Kier alpha value is -2.67. The Morgan fingerprint density at radius 2 is 2.12 bits per heavy atom. The maximum absolute atomic E-state index is 12.7. The van der Waals surface area contributed by atoms with E-state index in [9.17, 15) is 9.59 Å². The van der Waals surface area contributed by atoms with Gasteiger partial charge in [-0.05, 0) is 12.0 Å². The second-order valence-electron chi connectivity index (χ2n) is 6.01. The summed E-state index contributed by atoms with van der Waals surface area (Å²) in [7, 11) is 1.36. The molecular formula is C18H22N4O3. The van der Waals surface area contributed by atoms with Crippen molar-refractivity contribution >= 4 is 11.9 Å². The van der Waals surface area contributed by atoms with Crippen molar-refractivity contribution in [1.82, 2.24) is 20.8 Å². The van der Waals surface area contributed by atoms with Gasteiger partial charge in [-0.15, -0.1) is 0 Å². The van der Waals surface area contributed by atoms with E-state index in [0.29, 0.717) is 18.7 Å². The Morgan fingerprint density at radius 1 is 1.32 bits per heavy atom. The van der Waals surface area contributed by atoms with Crippen LogP contribution >= 0.6 is 0 Å². The van der Waals surface area contributed by atoms with Crippen LogP contribution in [0.5, 0.6) is 0 Å². The smallest absolute Gasteiger partial charge is 0.305 e. The van der Waals surface area contributed by atoms with Gasteiger partial charge in [-0.25, -0.2) is 0 Å². The van der Waals surface area contributed by atoms with Gasteiger partial charge in [0, 0.05) is 37.2 Å². The van der Waals surface area contributed by atoms with Crippen molar-refractivity contribution in [3.63, 3.8) is 0 Å². The molecule has 2 aromatic rings. The van der Waals surface area contributed by atoms with E-state index in [1.807, 2.05) is 30.3 Å². The van der Waals surface area contributed by atoms with Crippen LogP contribution in [0.3, 0.4) is 0 Å². The molecule has 0 spiro atoms. The minimum absolute atomic E-state index is 0.233. The third-order valence-electron chi connectivity index (χ3n) is 4.39. The molecule has 1 aromatic carbocycles. The zero-order valence-electron chi connectivity index (χ0n) is 14.2. The Kier molecular flexibility index (Phi) is 5.45. The van der Waals surface area contributed by atoms with Crippen LogP contribution < -0.4 is 10.6 Å². The van der Waals surface area contributed by atoms with Gasteiger partial charge in [0.2, 0.25) is 0 Å². The molecule has 3 rings (SSSR count). The van der Waals surface area contributed by atoms with Crippen molar-refractivity contribution in [3.8, 4) is 0 Å². The number of hydrogen-bond acceptors (Lipinski definition) is 5. The average molecular weight is 342 g/mol. The molecule has 25 heavy (non-hydrogen) atoms. The van der Waals surface area contributed by atoms with Crippen LogP contribution in [-0.4, -0.2) is 35.7 Å². The number of H-pyrrole nitrogens is 1. The van der Waals surface area contributed by atoms with Crippen LogP contribution in [0.4, 0.5) is 0 Å². The van der Waals surface area contributed by atoms with E-state index in [2.05, 4.69) is 20.8 Å². The van der Waals surface area contributed by atoms with Crippen molar-refractivity contribution in [2.45, 2.75) is 31.8 Å². The number of aromatic amines is 1. The molecular weight excluding hydrogens is 320 g/mol. The molecule has 2 heterocycles. The lowest BCUT2D eigenvalue weighted by atomic mass is 10.0. The van der Waals surface area contributed by atoms with Gasteiger partial charge in [-0.1, -0.05) is 30.3 Å². The maximum atomic E-state index is 12.7. The van der Waals surface area contributed by atoms with E-state index >= 15 is 0 Å². The molecule has 3 N–H and O–H groups in total. The fourth-order valence-corrected chi connectivity index (χ4v) is 3.01. The highest BCUT2D eigenvalue weighted by Gasteiger charge is 2.24. The van der Waals surface area contributed by atoms with Gasteiger partial charge in [0.15, 0.2) is 5.69 Å². The standard InChI is InChI=1S/C18H22N4O3/c1-25-16(23)8-7-14(12-5-3-2-4-6-12)20-18(24)17-13-11-19-10-9-15(13)21-22-17/h2-6,14,19H,7-11H2,1H3,(H,20,24)(H,21,22). The molecule has 7 nitrogen and oxygen atoms in total. The third kappa shape index (κ3) is 4.06. The van der Waals surface area contributed by atoms with E-state index < -0.39 is 0 Å². The summed E-state index contributed by atoms with van der Waals surface area (Å²) in [6.45, 7) is 1.51. The number of carbonyl (C=O) groups excluding carboxylic acids is 2. The van der Waals surface area contributed by atoms with Gasteiger partial charge in [0.1, 0.15) is 0 Å². The molecule has 1 aromatic heterocycles. The summed E-state index contributed by atoms with van der Waals surface area (Å²) in [6, 6.07) is 9.32. The predicted molar refractivity (Wildman–Crippen MR) is 91.9 cm³/mol. The van der Waals surface area contributed by atoms with E-state index in [4.69, 9.17) is 4.74 Å². The molecule has 1 atom stereocenters. The number of hydrogen-bond donors (Lipinski definition) is 3. The molecule has 1 unspecified atom stereocenters. The first kappa shape index (κ1) is 17.2. The summed E-state index contributed by atoms with van der Waals surface area (Å²) >= 11 is 0. The van der Waals surface area contributed by atoms with Crippen molar-refractivity contribution < 1.29 is 14.3 Å². The van der Waals surface area contributed by atoms with Gasteiger partial charge in [0.05, 0.1) is 13.2 Å². The van der Waals surface area contributed by atoms with E-state index in [-0.39, 0.29) is 24.3 Å². The first-order valence-corrected chi connectivity index (χ1v) is 8.38. The minimum Gasteiger partial charge on any atom is -0.469 e. The topological polar surface area (TPSA) is 96.1 Å². The molecule has 1 amide bonds. The number of nitrogens with one attached hydrogen (secondary N) is 3. The predicted octanol–water partition coefficient (Wildman–Crippen LogP) is 1.48. The fraction of sp³-hybridized carbons (Fsp3) is 0.389. The number of carbonyl (C=O) groups is 2. The lowest BCUT2D eigenvalue weighted by molar-refractivity contribution is -0.140. The number of ether oxygens (including phenoxy) is 1. The number of methoxy groups -OCH3 is 1. The molecule has 132 valence electrons. The highest BCUT2D eigenvalue weighted by molar-refractivity contribution is 5.94. The Bertz CT molecular complexity index is 742. The number of esters is 1. The maximum Gasteiger partial charge on any atom is 0.305 e. The lowest BCUT2D eigenvalue weighted by Gasteiger charge is -2.19. The number of amides is 1. The summed E-state index contributed by atoms with van der Waals surface area (Å²) in [6.07, 6.45) is 1.53. The zero-order valence-corrected chi connectivity index (χ0v) is 14.2. The van der Waals surface area contributed by atoms with E-state index in [0.717, 1.165) is 29.8 Å². The monoisotopic (exact) mass is 342 g/mol. The minimum atomic E-state index is -0.295. The average Bonchev–Trinajstić information content (AvgIpc) is 3.09.